The molecule has 0 saturated carbocycles. The summed E-state index contributed by atoms with van der Waals surface area (Å²) in [5.41, 5.74) is 2.64. The molecule has 0 atom stereocenters. The van der Waals surface area contributed by atoms with Crippen LogP contribution >= 0.6 is 17.0 Å². The van der Waals surface area contributed by atoms with E-state index in [2.05, 4.69) is 29.2 Å². The molecule has 0 aliphatic carbocycles. The molecule has 0 saturated heterocycles. The molecule has 3 nitrogen and oxygen atoms in total. The number of hydrogen-bond donors (Lipinski definition) is 0. The van der Waals surface area contributed by atoms with Crippen molar-refractivity contribution in [3.05, 3.63) is 96.8 Å². The average molecular weight is 430 g/mol. The summed E-state index contributed by atoms with van der Waals surface area (Å²) < 4.78 is 2.00. The Morgan fingerprint density at radius 2 is 1.50 bits per heavy atom. The number of rotatable bonds is 3. The van der Waals surface area contributed by atoms with Crippen LogP contribution in [0.15, 0.2) is 91.3 Å². The molecule has 0 radical (unpaired) electrons. The normalized spacial score (nSPS) is 10.9. The van der Waals surface area contributed by atoms with Crippen LogP contribution in [0.2, 0.25) is 0 Å². The number of carbonyl (C=O) groups excluding carboxylic acids is 1. The third-order valence-electron chi connectivity index (χ3n) is 4.99. The van der Waals surface area contributed by atoms with Crippen molar-refractivity contribution in [3.63, 3.8) is 0 Å². The molecule has 2 aromatic heterocycles. The number of fused-ring (bicyclic) bond motifs is 4. The Kier molecular flexibility index (Phi) is 4.88. The zero-order chi connectivity index (χ0) is 18.2. The molecule has 0 aliphatic rings. The average Bonchev–Trinajstić information content (AvgIpc) is 2.73. The SMILES string of the molecule is Br.O=C(C[n+]1cccc2ccc3cccnc3c21)c1ccc2ccccc2c1. The van der Waals surface area contributed by atoms with Gasteiger partial charge in [0.25, 0.3) is 0 Å². The highest BCUT2D eigenvalue weighted by molar-refractivity contribution is 8.93. The number of aromatic nitrogens is 2. The number of carbonyl (C=O) groups is 1. The minimum absolute atomic E-state index is 0. The van der Waals surface area contributed by atoms with Crippen LogP contribution in [0.4, 0.5) is 0 Å². The van der Waals surface area contributed by atoms with Crippen LogP contribution in [0.3, 0.4) is 0 Å². The van der Waals surface area contributed by atoms with Crippen LogP contribution in [-0.4, -0.2) is 10.8 Å². The molecule has 0 spiro atoms. The van der Waals surface area contributed by atoms with Gasteiger partial charge in [-0.3, -0.25) is 4.79 Å². The van der Waals surface area contributed by atoms with E-state index < -0.39 is 0 Å². The van der Waals surface area contributed by atoms with E-state index in [-0.39, 0.29) is 29.3 Å². The molecular formula is C24H18BrN2O+. The highest BCUT2D eigenvalue weighted by Crippen LogP contribution is 2.21. The van der Waals surface area contributed by atoms with Gasteiger partial charge < -0.3 is 0 Å². The van der Waals surface area contributed by atoms with E-state index in [1.54, 1.807) is 6.20 Å². The Morgan fingerprint density at radius 3 is 2.39 bits per heavy atom. The van der Waals surface area contributed by atoms with Crippen LogP contribution < -0.4 is 4.57 Å². The summed E-state index contributed by atoms with van der Waals surface area (Å²) in [5.74, 6) is 0.0891. The van der Waals surface area contributed by atoms with E-state index in [4.69, 9.17) is 0 Å². The van der Waals surface area contributed by atoms with Gasteiger partial charge in [0.05, 0.1) is 0 Å². The Hall–Kier alpha value is -3.11. The molecule has 0 aliphatic heterocycles. The van der Waals surface area contributed by atoms with Crippen LogP contribution in [0.25, 0.3) is 32.6 Å². The zero-order valence-corrected chi connectivity index (χ0v) is 16.8. The van der Waals surface area contributed by atoms with Crippen LogP contribution in [0.5, 0.6) is 0 Å². The van der Waals surface area contributed by atoms with Crippen molar-refractivity contribution in [1.29, 1.82) is 0 Å². The molecule has 0 fully saturated rings. The summed E-state index contributed by atoms with van der Waals surface area (Å²) in [7, 11) is 0. The van der Waals surface area contributed by atoms with Crippen molar-refractivity contribution in [2.45, 2.75) is 6.54 Å². The highest BCUT2D eigenvalue weighted by Gasteiger charge is 2.18. The van der Waals surface area contributed by atoms with Gasteiger partial charge in [-0.2, -0.15) is 4.57 Å². The summed E-state index contributed by atoms with van der Waals surface area (Å²) in [4.78, 5) is 17.6. The molecule has 2 heterocycles. The minimum Gasteiger partial charge on any atom is -0.287 e. The molecule has 136 valence electrons. The summed E-state index contributed by atoms with van der Waals surface area (Å²) in [6.07, 6.45) is 3.75. The molecule has 4 heteroatoms. The largest absolute Gasteiger partial charge is 0.287 e. The van der Waals surface area contributed by atoms with Gasteiger partial charge in [0.1, 0.15) is 5.52 Å². The van der Waals surface area contributed by atoms with E-state index in [0.29, 0.717) is 0 Å². The Balaban J connectivity index is 0.00000192. The number of nitrogens with zero attached hydrogens (tertiary/aromatic N) is 2. The van der Waals surface area contributed by atoms with Gasteiger partial charge in [-0.1, -0.05) is 48.5 Å². The molecule has 28 heavy (non-hydrogen) atoms. The van der Waals surface area contributed by atoms with Crippen LogP contribution in [0.1, 0.15) is 10.4 Å². The van der Waals surface area contributed by atoms with Crippen molar-refractivity contribution < 1.29 is 9.36 Å². The topological polar surface area (TPSA) is 33.8 Å². The summed E-state index contributed by atoms with van der Waals surface area (Å²) in [6, 6.07) is 26.1. The van der Waals surface area contributed by atoms with Crippen molar-refractivity contribution in [2.24, 2.45) is 0 Å². The number of halogens is 1. The van der Waals surface area contributed by atoms with Gasteiger partial charge in [0, 0.05) is 28.6 Å². The molecular weight excluding hydrogens is 412 g/mol. The molecule has 0 bridgehead atoms. The third-order valence-corrected chi connectivity index (χ3v) is 4.99. The second-order valence-corrected chi connectivity index (χ2v) is 6.70. The molecule has 3 aromatic carbocycles. The van der Waals surface area contributed by atoms with Crippen molar-refractivity contribution in [2.75, 3.05) is 0 Å². The van der Waals surface area contributed by atoms with Gasteiger partial charge in [-0.25, -0.2) is 4.98 Å². The Bertz CT molecular complexity index is 1330. The molecule has 0 unspecified atom stereocenters. The first kappa shape index (κ1) is 18.3. The van der Waals surface area contributed by atoms with E-state index in [1.807, 2.05) is 65.4 Å². The molecule has 0 amide bonds. The van der Waals surface area contributed by atoms with Gasteiger partial charge in [0.15, 0.2) is 6.20 Å². The quantitative estimate of drug-likeness (QED) is 0.222. The standard InChI is InChI=1S/C24H17N2O.BrH/c27-22(21-12-9-17-5-1-2-6-20(17)15-21)16-26-14-4-8-19-11-10-18-7-3-13-25-23(18)24(19)26;/h1-15H,16H2;1H/q+1;. The maximum absolute atomic E-state index is 13.0. The summed E-state index contributed by atoms with van der Waals surface area (Å²) in [5, 5.41) is 4.37. The van der Waals surface area contributed by atoms with Crippen molar-refractivity contribution in [1.82, 2.24) is 4.98 Å². The Morgan fingerprint density at radius 1 is 0.786 bits per heavy atom. The third kappa shape index (κ3) is 3.16. The molecule has 5 aromatic rings. The molecule has 5 rings (SSSR count). The maximum atomic E-state index is 13.0. The van der Waals surface area contributed by atoms with E-state index in [9.17, 15) is 4.79 Å². The lowest BCUT2D eigenvalue weighted by atomic mass is 10.0. The number of benzene rings is 3. The predicted octanol–water partition coefficient (Wildman–Crippen LogP) is 5.29. The van der Waals surface area contributed by atoms with Crippen molar-refractivity contribution in [3.8, 4) is 0 Å². The fourth-order valence-electron chi connectivity index (χ4n) is 3.65. The number of Topliss-reactive ketones (excluding diaryl/α,β-unsaturated/α-hetero) is 1. The number of pyridine rings is 2. The zero-order valence-electron chi connectivity index (χ0n) is 15.1. The van der Waals surface area contributed by atoms with Crippen LogP contribution in [0, 0.1) is 0 Å². The van der Waals surface area contributed by atoms with Gasteiger partial charge >= 0.3 is 0 Å². The van der Waals surface area contributed by atoms with Gasteiger partial charge in [-0.05, 0) is 35.0 Å². The fourth-order valence-corrected chi connectivity index (χ4v) is 3.65. The smallest absolute Gasteiger partial charge is 0.239 e. The number of ketones is 1. The predicted molar refractivity (Wildman–Crippen MR) is 118 cm³/mol. The highest BCUT2D eigenvalue weighted by atomic mass is 79.9. The minimum atomic E-state index is 0. The van der Waals surface area contributed by atoms with Gasteiger partial charge in [-0.15, -0.1) is 17.0 Å². The summed E-state index contributed by atoms with van der Waals surface area (Å²) in [6.45, 7) is 0.283. The van der Waals surface area contributed by atoms with Crippen molar-refractivity contribution >= 4 is 55.3 Å². The van der Waals surface area contributed by atoms with E-state index >= 15 is 0 Å². The Labute approximate surface area is 173 Å². The number of hydrogen-bond acceptors (Lipinski definition) is 2. The lowest BCUT2D eigenvalue weighted by Crippen LogP contribution is -2.38. The second kappa shape index (κ2) is 7.49. The first-order valence-electron chi connectivity index (χ1n) is 8.97. The van der Waals surface area contributed by atoms with Gasteiger partial charge in [0.2, 0.25) is 17.8 Å². The maximum Gasteiger partial charge on any atom is 0.239 e. The lowest BCUT2D eigenvalue weighted by Gasteiger charge is -2.05. The van der Waals surface area contributed by atoms with E-state index in [0.717, 1.165) is 38.1 Å². The lowest BCUT2D eigenvalue weighted by molar-refractivity contribution is -0.656. The van der Waals surface area contributed by atoms with Crippen LogP contribution in [-0.2, 0) is 6.54 Å². The van der Waals surface area contributed by atoms with E-state index in [1.165, 1.54) is 0 Å². The molecule has 0 N–H and O–H groups in total. The first-order valence-corrected chi connectivity index (χ1v) is 8.97. The second-order valence-electron chi connectivity index (χ2n) is 6.70. The summed E-state index contributed by atoms with van der Waals surface area (Å²) >= 11 is 0. The first-order chi connectivity index (χ1) is 13.3. The monoisotopic (exact) mass is 429 g/mol. The fraction of sp³-hybridized carbons (Fsp3) is 0.0417.